The van der Waals surface area contributed by atoms with E-state index in [1.165, 1.54) is 44.9 Å². The Morgan fingerprint density at radius 2 is 1.73 bits per heavy atom. The van der Waals surface area contributed by atoms with E-state index < -0.39 is 0 Å². The summed E-state index contributed by atoms with van der Waals surface area (Å²) in [5, 5.41) is 10.2. The molecule has 0 aromatic rings. The summed E-state index contributed by atoms with van der Waals surface area (Å²) in [6.45, 7) is 9.45. The Kier molecular flexibility index (Phi) is 3.97. The third-order valence-corrected chi connectivity index (χ3v) is 10.2. The molecule has 0 amide bonds. The maximum atomic E-state index is 10.2. The smallest absolute Gasteiger partial charge is 0.406 e. The first kappa shape index (κ1) is 18.0. The second-order valence-corrected chi connectivity index (χ2v) is 10.9. The summed E-state index contributed by atoms with van der Waals surface area (Å²) in [6.07, 6.45) is 11.4. The number of aliphatic hydroxyl groups excluding tert-OH is 1. The minimum atomic E-state index is -0.0530. The third kappa shape index (κ3) is 2.13. The van der Waals surface area contributed by atoms with Gasteiger partial charge in [-0.15, -0.1) is 0 Å². The largest absolute Gasteiger partial charge is 0.454 e. The highest BCUT2D eigenvalue weighted by molar-refractivity contribution is 6.43. The van der Waals surface area contributed by atoms with Gasteiger partial charge in [0.25, 0.3) is 0 Å². The van der Waals surface area contributed by atoms with E-state index in [1.54, 1.807) is 0 Å². The summed E-state index contributed by atoms with van der Waals surface area (Å²) < 4.78 is 12.7. The molecule has 1 N–H and O–H groups in total. The van der Waals surface area contributed by atoms with Crippen LogP contribution >= 0.6 is 0 Å². The average molecular weight is 360 g/mol. The zero-order valence-corrected chi connectivity index (χ0v) is 17.2. The van der Waals surface area contributed by atoms with Gasteiger partial charge < -0.3 is 14.4 Å². The first-order chi connectivity index (χ1) is 12.3. The van der Waals surface area contributed by atoms with Gasteiger partial charge in [0, 0.05) is 5.41 Å². The van der Waals surface area contributed by atoms with Crippen LogP contribution < -0.4 is 0 Å². The summed E-state index contributed by atoms with van der Waals surface area (Å²) in [4.78, 5) is 0. The van der Waals surface area contributed by atoms with Crippen molar-refractivity contribution in [2.45, 2.75) is 103 Å². The second kappa shape index (κ2) is 5.73. The van der Waals surface area contributed by atoms with Crippen LogP contribution in [0.5, 0.6) is 0 Å². The van der Waals surface area contributed by atoms with E-state index in [0.717, 1.165) is 36.5 Å². The molecule has 1 heterocycles. The summed E-state index contributed by atoms with van der Waals surface area (Å²) >= 11 is 0. The maximum Gasteiger partial charge on any atom is 0.454 e. The lowest BCUT2D eigenvalue weighted by atomic mass is 9.44. The van der Waals surface area contributed by atoms with Crippen molar-refractivity contribution in [1.29, 1.82) is 0 Å². The molecule has 0 aromatic carbocycles. The average Bonchev–Trinajstić information content (AvgIpc) is 3.05. The van der Waals surface area contributed by atoms with Crippen molar-refractivity contribution in [1.82, 2.24) is 0 Å². The quantitative estimate of drug-likeness (QED) is 0.638. The molecule has 5 rings (SSSR count). The number of fused-ring (bicyclic) bond motifs is 6. The van der Waals surface area contributed by atoms with E-state index in [1.807, 2.05) is 0 Å². The number of hydrogen-bond donors (Lipinski definition) is 1. The topological polar surface area (TPSA) is 38.7 Å². The molecule has 3 nitrogen and oxygen atoms in total. The molecule has 0 unspecified atom stereocenters. The van der Waals surface area contributed by atoms with Gasteiger partial charge in [-0.1, -0.05) is 13.8 Å². The van der Waals surface area contributed by atoms with Crippen LogP contribution in [-0.4, -0.2) is 30.0 Å². The normalized spacial score (nSPS) is 59.2. The molecule has 1 aliphatic heterocycles. The van der Waals surface area contributed by atoms with Crippen molar-refractivity contribution in [2.75, 3.05) is 0 Å². The fourth-order valence-corrected chi connectivity index (χ4v) is 8.95. The Balaban J connectivity index is 1.45. The minimum Gasteiger partial charge on any atom is -0.406 e. The van der Waals surface area contributed by atoms with Crippen LogP contribution in [0.15, 0.2) is 0 Å². The van der Waals surface area contributed by atoms with Gasteiger partial charge in [0.05, 0.1) is 17.8 Å². The van der Waals surface area contributed by atoms with E-state index >= 15 is 0 Å². The zero-order valence-electron chi connectivity index (χ0n) is 17.2. The molecule has 4 saturated carbocycles. The fourth-order valence-electron chi connectivity index (χ4n) is 8.95. The van der Waals surface area contributed by atoms with E-state index in [-0.39, 0.29) is 30.3 Å². The lowest BCUT2D eigenvalue weighted by molar-refractivity contribution is -0.155. The standard InChI is InChI=1S/C22H37BO3/c1-14-22(26-23(4)25-14)12-9-19-17-6-5-15-13-16(24)7-10-20(15,2)18(17)8-11-21(19,22)3/h14-19,24H,5-13H2,1-4H3/t14-,15+,16+,17+,18-,19-,20-,21-,22-/m0/s1. The first-order valence-corrected chi connectivity index (χ1v) is 11.3. The SMILES string of the molecule is CB1O[C@@H](C)[C@]2(CC[C@H]3[C@@H]4CC[C@@H]5C[C@H](O)CC[C@]5(C)[C@H]4CC[C@@]32C)O1. The Hall–Kier alpha value is -0.0551. The van der Waals surface area contributed by atoms with Crippen LogP contribution in [0.1, 0.15) is 78.6 Å². The maximum absolute atomic E-state index is 10.2. The third-order valence-electron chi connectivity index (χ3n) is 10.2. The second-order valence-electron chi connectivity index (χ2n) is 10.9. The molecular formula is C22H37BO3. The van der Waals surface area contributed by atoms with Crippen LogP contribution in [0.4, 0.5) is 0 Å². The molecule has 5 aliphatic rings. The molecular weight excluding hydrogens is 323 g/mol. The summed E-state index contributed by atoms with van der Waals surface area (Å²) in [5.41, 5.74) is 0.684. The highest BCUT2D eigenvalue weighted by Gasteiger charge is 2.69. The molecule has 1 saturated heterocycles. The highest BCUT2D eigenvalue weighted by Crippen LogP contribution is 2.70. The van der Waals surface area contributed by atoms with Gasteiger partial charge in [-0.25, -0.2) is 0 Å². The number of rotatable bonds is 0. The molecule has 5 fully saturated rings. The molecule has 9 atom stereocenters. The van der Waals surface area contributed by atoms with E-state index in [2.05, 4.69) is 27.6 Å². The Morgan fingerprint density at radius 3 is 2.46 bits per heavy atom. The van der Waals surface area contributed by atoms with Crippen LogP contribution in [0.3, 0.4) is 0 Å². The van der Waals surface area contributed by atoms with Gasteiger partial charge in [0.1, 0.15) is 0 Å². The van der Waals surface area contributed by atoms with E-state index in [0.29, 0.717) is 5.41 Å². The van der Waals surface area contributed by atoms with Gasteiger partial charge in [-0.3, -0.25) is 0 Å². The summed E-state index contributed by atoms with van der Waals surface area (Å²) in [7, 11) is -0.0496. The molecule has 4 heteroatoms. The van der Waals surface area contributed by atoms with Gasteiger partial charge in [0.15, 0.2) is 0 Å². The Morgan fingerprint density at radius 1 is 0.962 bits per heavy atom. The van der Waals surface area contributed by atoms with E-state index in [9.17, 15) is 5.11 Å². The van der Waals surface area contributed by atoms with Crippen molar-refractivity contribution >= 4 is 7.12 Å². The molecule has 26 heavy (non-hydrogen) atoms. The van der Waals surface area contributed by atoms with Crippen LogP contribution in [0.25, 0.3) is 0 Å². The van der Waals surface area contributed by atoms with Crippen LogP contribution in [0.2, 0.25) is 6.82 Å². The fraction of sp³-hybridized carbons (Fsp3) is 1.00. The summed E-state index contributed by atoms with van der Waals surface area (Å²) in [5.74, 6) is 3.26. The molecule has 1 spiro atoms. The lowest BCUT2D eigenvalue weighted by Crippen LogP contribution is -2.58. The zero-order chi connectivity index (χ0) is 18.3. The molecule has 0 bridgehead atoms. The van der Waals surface area contributed by atoms with Crippen molar-refractivity contribution in [3.8, 4) is 0 Å². The van der Waals surface area contributed by atoms with Crippen molar-refractivity contribution in [3.63, 3.8) is 0 Å². The van der Waals surface area contributed by atoms with Crippen molar-refractivity contribution in [3.05, 3.63) is 0 Å². The molecule has 4 aliphatic carbocycles. The van der Waals surface area contributed by atoms with Gasteiger partial charge in [-0.2, -0.15) is 0 Å². The predicted octanol–water partition coefficient (Wildman–Crippen LogP) is 4.68. The molecule has 0 radical (unpaired) electrons. The first-order valence-electron chi connectivity index (χ1n) is 11.3. The van der Waals surface area contributed by atoms with E-state index in [4.69, 9.17) is 9.31 Å². The Bertz CT molecular complexity index is 584. The van der Waals surface area contributed by atoms with Gasteiger partial charge >= 0.3 is 7.12 Å². The van der Waals surface area contributed by atoms with Crippen molar-refractivity contribution < 1.29 is 14.4 Å². The lowest BCUT2D eigenvalue weighted by Gasteiger charge is -2.62. The number of aliphatic hydroxyl groups is 1. The summed E-state index contributed by atoms with van der Waals surface area (Å²) in [6, 6.07) is 0. The number of hydrogen-bond acceptors (Lipinski definition) is 3. The van der Waals surface area contributed by atoms with Gasteiger partial charge in [0.2, 0.25) is 0 Å². The van der Waals surface area contributed by atoms with Crippen LogP contribution in [0, 0.1) is 34.5 Å². The van der Waals surface area contributed by atoms with Gasteiger partial charge in [-0.05, 0) is 101 Å². The molecule has 0 aromatic heterocycles. The highest BCUT2D eigenvalue weighted by atomic mass is 16.7. The van der Waals surface area contributed by atoms with Crippen LogP contribution in [-0.2, 0) is 9.31 Å². The molecule has 146 valence electrons. The monoisotopic (exact) mass is 360 g/mol. The Labute approximate surface area is 159 Å². The van der Waals surface area contributed by atoms with Crippen molar-refractivity contribution in [2.24, 2.45) is 34.5 Å². The predicted molar refractivity (Wildman–Crippen MR) is 104 cm³/mol. The minimum absolute atomic E-state index is 0.0420.